The van der Waals surface area contributed by atoms with Gasteiger partial charge in [-0.1, -0.05) is 18.2 Å². The second kappa shape index (κ2) is 7.27. The minimum atomic E-state index is -0.682. The van der Waals surface area contributed by atoms with Crippen LogP contribution in [-0.2, 0) is 4.79 Å². The van der Waals surface area contributed by atoms with Gasteiger partial charge in [0.1, 0.15) is 5.56 Å². The molecule has 0 bridgehead atoms. The molecule has 0 saturated carbocycles. The lowest BCUT2D eigenvalue weighted by Crippen LogP contribution is -2.36. The predicted molar refractivity (Wildman–Crippen MR) is 94.7 cm³/mol. The Morgan fingerprint density at radius 2 is 2.00 bits per heavy atom. The van der Waals surface area contributed by atoms with E-state index in [9.17, 15) is 9.59 Å². The number of primary amides is 1. The van der Waals surface area contributed by atoms with E-state index in [-0.39, 0.29) is 29.3 Å². The summed E-state index contributed by atoms with van der Waals surface area (Å²) in [4.78, 5) is 32.7. The van der Waals surface area contributed by atoms with Crippen LogP contribution in [-0.4, -0.2) is 34.4 Å². The summed E-state index contributed by atoms with van der Waals surface area (Å²) in [5.74, 6) is -0.511. The summed E-state index contributed by atoms with van der Waals surface area (Å²) in [5.41, 5.74) is 6.75. The molecule has 130 valence electrons. The number of amides is 2. The van der Waals surface area contributed by atoms with E-state index in [2.05, 4.69) is 25.9 Å². The highest BCUT2D eigenvalue weighted by Gasteiger charge is 2.25. The standard InChI is InChI=1S/C17H20N6O2/c1-10-13(14(18)24)15(22-16(25)12-8-5-9-19-12)23-17(20-10)21-11-6-3-2-4-7-11/h2-4,6-7,12,19H,5,8-9H2,1H3,(H2,18,24)(H2,20,21,22,23,25). The van der Waals surface area contributed by atoms with E-state index in [0.29, 0.717) is 5.69 Å². The topological polar surface area (TPSA) is 122 Å². The third-order valence-electron chi connectivity index (χ3n) is 3.98. The third-order valence-corrected chi connectivity index (χ3v) is 3.98. The highest BCUT2D eigenvalue weighted by atomic mass is 16.2. The summed E-state index contributed by atoms with van der Waals surface area (Å²) >= 11 is 0. The van der Waals surface area contributed by atoms with Crippen molar-refractivity contribution in [2.45, 2.75) is 25.8 Å². The molecule has 5 N–H and O–H groups in total. The molecule has 1 aromatic carbocycles. The van der Waals surface area contributed by atoms with Crippen LogP contribution in [0, 0.1) is 6.92 Å². The fraction of sp³-hybridized carbons (Fsp3) is 0.294. The minimum Gasteiger partial charge on any atom is -0.365 e. The Morgan fingerprint density at radius 1 is 1.24 bits per heavy atom. The lowest BCUT2D eigenvalue weighted by atomic mass is 10.2. The van der Waals surface area contributed by atoms with Crippen molar-refractivity contribution >= 4 is 29.3 Å². The average Bonchev–Trinajstić information content (AvgIpc) is 3.09. The van der Waals surface area contributed by atoms with E-state index >= 15 is 0 Å². The first-order valence-corrected chi connectivity index (χ1v) is 8.09. The number of aromatic nitrogens is 2. The van der Waals surface area contributed by atoms with Crippen molar-refractivity contribution in [3.63, 3.8) is 0 Å². The molecule has 8 nitrogen and oxygen atoms in total. The number of aryl methyl sites for hydroxylation is 1. The number of carbonyl (C=O) groups is 2. The Bertz CT molecular complexity index is 787. The molecule has 0 spiro atoms. The van der Waals surface area contributed by atoms with Gasteiger partial charge in [0, 0.05) is 5.69 Å². The summed E-state index contributed by atoms with van der Waals surface area (Å²) in [6.45, 7) is 2.45. The van der Waals surface area contributed by atoms with Crippen LogP contribution in [0.15, 0.2) is 30.3 Å². The smallest absolute Gasteiger partial charge is 0.254 e. The maximum Gasteiger partial charge on any atom is 0.254 e. The van der Waals surface area contributed by atoms with Crippen LogP contribution in [0.25, 0.3) is 0 Å². The van der Waals surface area contributed by atoms with Crippen LogP contribution in [0.4, 0.5) is 17.5 Å². The fourth-order valence-electron chi connectivity index (χ4n) is 2.78. The Kier molecular flexibility index (Phi) is 4.90. The largest absolute Gasteiger partial charge is 0.365 e. The van der Waals surface area contributed by atoms with Gasteiger partial charge in [-0.3, -0.25) is 9.59 Å². The quantitative estimate of drug-likeness (QED) is 0.651. The highest BCUT2D eigenvalue weighted by molar-refractivity contribution is 6.04. The number of benzene rings is 1. The normalized spacial score (nSPS) is 16.4. The molecule has 2 amide bonds. The first-order valence-electron chi connectivity index (χ1n) is 8.09. The Balaban J connectivity index is 1.90. The van der Waals surface area contributed by atoms with Gasteiger partial charge in [-0.25, -0.2) is 4.98 Å². The fourth-order valence-corrected chi connectivity index (χ4v) is 2.78. The molecule has 1 aliphatic heterocycles. The van der Waals surface area contributed by atoms with E-state index in [1.54, 1.807) is 6.92 Å². The molecular weight excluding hydrogens is 320 g/mol. The summed E-state index contributed by atoms with van der Waals surface area (Å²) in [6, 6.07) is 9.08. The van der Waals surface area contributed by atoms with Crippen molar-refractivity contribution in [2.75, 3.05) is 17.2 Å². The van der Waals surface area contributed by atoms with Crippen LogP contribution in [0.5, 0.6) is 0 Å². The van der Waals surface area contributed by atoms with Crippen molar-refractivity contribution in [1.29, 1.82) is 0 Å². The number of rotatable bonds is 5. The number of nitrogens with one attached hydrogen (secondary N) is 3. The van der Waals surface area contributed by atoms with E-state index in [1.165, 1.54) is 0 Å². The molecule has 8 heteroatoms. The zero-order valence-corrected chi connectivity index (χ0v) is 13.9. The monoisotopic (exact) mass is 340 g/mol. The minimum absolute atomic E-state index is 0.116. The number of nitrogens with two attached hydrogens (primary N) is 1. The van der Waals surface area contributed by atoms with Crippen LogP contribution < -0.4 is 21.7 Å². The molecule has 2 heterocycles. The second-order valence-electron chi connectivity index (χ2n) is 5.85. The molecule has 1 saturated heterocycles. The van der Waals surface area contributed by atoms with Crippen LogP contribution in [0.1, 0.15) is 28.9 Å². The van der Waals surface area contributed by atoms with E-state index in [4.69, 9.17) is 5.73 Å². The molecule has 0 radical (unpaired) electrons. The van der Waals surface area contributed by atoms with Gasteiger partial charge in [-0.05, 0) is 38.4 Å². The average molecular weight is 340 g/mol. The van der Waals surface area contributed by atoms with Gasteiger partial charge >= 0.3 is 0 Å². The van der Waals surface area contributed by atoms with Crippen LogP contribution >= 0.6 is 0 Å². The molecule has 1 aliphatic rings. The number of carbonyl (C=O) groups excluding carboxylic acids is 2. The lowest BCUT2D eigenvalue weighted by molar-refractivity contribution is -0.117. The molecule has 3 rings (SSSR count). The van der Waals surface area contributed by atoms with E-state index in [0.717, 1.165) is 25.1 Å². The molecule has 1 aromatic heterocycles. The zero-order valence-electron chi connectivity index (χ0n) is 13.9. The summed E-state index contributed by atoms with van der Waals surface area (Å²) in [7, 11) is 0. The van der Waals surface area contributed by atoms with Gasteiger partial charge in [-0.2, -0.15) is 4.98 Å². The maximum atomic E-state index is 12.4. The van der Waals surface area contributed by atoms with Crippen molar-refractivity contribution in [3.05, 3.63) is 41.6 Å². The molecule has 1 unspecified atom stereocenters. The van der Waals surface area contributed by atoms with Crippen LogP contribution in [0.2, 0.25) is 0 Å². The number of anilines is 3. The molecule has 0 aliphatic carbocycles. The van der Waals surface area contributed by atoms with Gasteiger partial charge in [0.25, 0.3) is 5.91 Å². The number of hydrogen-bond acceptors (Lipinski definition) is 6. The van der Waals surface area contributed by atoms with Gasteiger partial charge in [0.2, 0.25) is 11.9 Å². The number of hydrogen-bond donors (Lipinski definition) is 4. The zero-order chi connectivity index (χ0) is 17.8. The summed E-state index contributed by atoms with van der Waals surface area (Å²) in [6.07, 6.45) is 1.68. The van der Waals surface area contributed by atoms with Crippen LogP contribution in [0.3, 0.4) is 0 Å². The molecule has 1 fully saturated rings. The van der Waals surface area contributed by atoms with E-state index < -0.39 is 5.91 Å². The molecule has 25 heavy (non-hydrogen) atoms. The number of para-hydroxylation sites is 1. The van der Waals surface area contributed by atoms with Crippen molar-refractivity contribution in [1.82, 2.24) is 15.3 Å². The summed E-state index contributed by atoms with van der Waals surface area (Å²) in [5, 5.41) is 8.87. The van der Waals surface area contributed by atoms with Gasteiger partial charge in [0.15, 0.2) is 5.82 Å². The van der Waals surface area contributed by atoms with Crippen molar-refractivity contribution in [2.24, 2.45) is 5.73 Å². The Morgan fingerprint density at radius 3 is 2.64 bits per heavy atom. The highest BCUT2D eigenvalue weighted by Crippen LogP contribution is 2.21. The second-order valence-corrected chi connectivity index (χ2v) is 5.85. The molecule has 1 atom stereocenters. The van der Waals surface area contributed by atoms with E-state index in [1.807, 2.05) is 30.3 Å². The van der Waals surface area contributed by atoms with Gasteiger partial charge in [0.05, 0.1) is 11.7 Å². The van der Waals surface area contributed by atoms with Gasteiger partial charge in [-0.15, -0.1) is 0 Å². The summed E-state index contributed by atoms with van der Waals surface area (Å²) < 4.78 is 0. The first-order chi connectivity index (χ1) is 12.0. The third kappa shape index (κ3) is 3.92. The molecular formula is C17H20N6O2. The SMILES string of the molecule is Cc1nc(Nc2ccccc2)nc(NC(=O)C2CCCN2)c1C(N)=O. The first kappa shape index (κ1) is 16.8. The number of nitrogens with zero attached hydrogens (tertiary/aromatic N) is 2. The molecule has 2 aromatic rings. The van der Waals surface area contributed by atoms with Crippen molar-refractivity contribution in [3.8, 4) is 0 Å². The maximum absolute atomic E-state index is 12.4. The Hall–Kier alpha value is -3.00. The van der Waals surface area contributed by atoms with Gasteiger partial charge < -0.3 is 21.7 Å². The predicted octanol–water partition coefficient (Wildman–Crippen LogP) is 1.32. The Labute approximate surface area is 145 Å². The van der Waals surface area contributed by atoms with Crippen molar-refractivity contribution < 1.29 is 9.59 Å². The lowest BCUT2D eigenvalue weighted by Gasteiger charge is -2.15.